The van der Waals surface area contributed by atoms with E-state index < -0.39 is 34.1 Å². The van der Waals surface area contributed by atoms with E-state index in [9.17, 15) is 30.1 Å². The zero-order valence-electron chi connectivity index (χ0n) is 20.1. The van der Waals surface area contributed by atoms with Crippen molar-refractivity contribution < 1.29 is 24.4 Å². The topological polar surface area (TPSA) is 163 Å². The second-order valence-corrected chi connectivity index (χ2v) is 9.41. The number of methoxy groups -OCH3 is 1. The first-order chi connectivity index (χ1) is 17.7. The number of ether oxygens (including phenoxy) is 1. The van der Waals surface area contributed by atoms with Gasteiger partial charge in [0, 0.05) is 26.1 Å². The van der Waals surface area contributed by atoms with Crippen molar-refractivity contribution in [2.75, 3.05) is 31.6 Å². The highest BCUT2D eigenvalue weighted by Gasteiger charge is 2.47. The van der Waals surface area contributed by atoms with E-state index in [-0.39, 0.29) is 49.3 Å². The van der Waals surface area contributed by atoms with Crippen LogP contribution < -0.4 is 4.90 Å². The Balaban J connectivity index is 1.81. The molecule has 0 bridgehead atoms. The van der Waals surface area contributed by atoms with Crippen LogP contribution in [-0.4, -0.2) is 69.7 Å². The summed E-state index contributed by atoms with van der Waals surface area (Å²) in [6.07, 6.45) is 0.460. The maximum atomic E-state index is 13.3. The van der Waals surface area contributed by atoms with Crippen LogP contribution in [0, 0.1) is 21.4 Å². The number of fused-ring (bicyclic) bond motifs is 1. The van der Waals surface area contributed by atoms with E-state index in [0.717, 1.165) is 22.4 Å². The third-order valence-corrected chi connectivity index (χ3v) is 7.24. The summed E-state index contributed by atoms with van der Waals surface area (Å²) < 4.78 is 5.19. The van der Waals surface area contributed by atoms with Gasteiger partial charge >= 0.3 is 17.7 Å². The highest BCUT2D eigenvalue weighted by Crippen LogP contribution is 2.43. The van der Waals surface area contributed by atoms with E-state index in [0.29, 0.717) is 12.8 Å². The number of carbonyl (C=O) groups excluding carboxylic acids is 1. The normalized spacial score (nSPS) is 21.1. The number of nitriles is 1. The number of aromatic nitrogens is 2. The van der Waals surface area contributed by atoms with E-state index in [2.05, 4.69) is 9.97 Å². The molecule has 13 heteroatoms. The number of benzene rings is 1. The second kappa shape index (κ2) is 10.6. The summed E-state index contributed by atoms with van der Waals surface area (Å²) in [5.74, 6) is -0.591. The van der Waals surface area contributed by atoms with Crippen LogP contribution in [0.3, 0.4) is 0 Å². The van der Waals surface area contributed by atoms with Gasteiger partial charge in [0.1, 0.15) is 5.69 Å². The largest absolute Gasteiger partial charge is 0.468 e. The van der Waals surface area contributed by atoms with E-state index in [1.54, 1.807) is 4.90 Å². The van der Waals surface area contributed by atoms with Gasteiger partial charge in [-0.3, -0.25) is 14.9 Å². The van der Waals surface area contributed by atoms with Gasteiger partial charge in [-0.15, -0.1) is 0 Å². The Bertz CT molecular complexity index is 1280. The van der Waals surface area contributed by atoms with Crippen molar-refractivity contribution >= 4 is 35.2 Å². The van der Waals surface area contributed by atoms with Crippen molar-refractivity contribution in [1.82, 2.24) is 14.9 Å². The van der Waals surface area contributed by atoms with Crippen molar-refractivity contribution in [1.29, 1.82) is 5.26 Å². The number of hydrogen-bond donors (Lipinski definition) is 1. The summed E-state index contributed by atoms with van der Waals surface area (Å²) in [6.45, 7) is 0.139. The van der Waals surface area contributed by atoms with Crippen LogP contribution in [0.15, 0.2) is 24.3 Å². The molecule has 2 heterocycles. The predicted octanol–water partition coefficient (Wildman–Crippen LogP) is 3.11. The lowest BCUT2D eigenvalue weighted by atomic mass is 9.67. The van der Waals surface area contributed by atoms with E-state index in [1.807, 2.05) is 30.3 Å². The van der Waals surface area contributed by atoms with Crippen LogP contribution >= 0.6 is 11.6 Å². The molecule has 194 valence electrons. The fourth-order valence-corrected chi connectivity index (χ4v) is 5.62. The Morgan fingerprint density at radius 2 is 2.11 bits per heavy atom. The first kappa shape index (κ1) is 26.1. The van der Waals surface area contributed by atoms with E-state index in [1.165, 1.54) is 7.11 Å². The van der Waals surface area contributed by atoms with Gasteiger partial charge in [0.25, 0.3) is 0 Å². The summed E-state index contributed by atoms with van der Waals surface area (Å²) in [5.41, 5.74) is 0.0817. The van der Waals surface area contributed by atoms with Crippen LogP contribution in [-0.2, 0) is 27.8 Å². The van der Waals surface area contributed by atoms with Crippen molar-refractivity contribution in [3.8, 4) is 6.07 Å². The van der Waals surface area contributed by atoms with Crippen LogP contribution in [0.1, 0.15) is 36.1 Å². The molecule has 1 N–H and O–H groups in total. The molecule has 1 unspecified atom stereocenters. The molecular formula is C24H25ClN6O6. The predicted molar refractivity (Wildman–Crippen MR) is 131 cm³/mol. The Morgan fingerprint density at radius 1 is 1.35 bits per heavy atom. The SMILES string of the molecule is COC(=O)C1(Cc2nc(Cl)nc(N3CCN(C(=O)O)[C@@H](CC#N)C3)c2[N+](=O)[O-])CCCc2ccccc21. The van der Waals surface area contributed by atoms with E-state index in [4.69, 9.17) is 16.3 Å². The molecule has 12 nitrogen and oxygen atoms in total. The zero-order chi connectivity index (χ0) is 26.7. The standard InChI is InChI=1S/C24H25ClN6O6/c1-37-21(32)24(9-4-6-15-5-2-3-7-17(15)24)13-18-19(31(35)36)20(28-22(25)27-18)29-11-12-30(23(33)34)16(14-29)8-10-26/h2-3,5,7,16H,4,6,8-9,11-14H2,1H3,(H,33,34)/t16-,24?/m0/s1. The number of piperazine rings is 1. The van der Waals surface area contributed by atoms with Gasteiger partial charge in [-0.05, 0) is 42.0 Å². The summed E-state index contributed by atoms with van der Waals surface area (Å²) in [6, 6.07) is 8.71. The average molecular weight is 529 g/mol. The smallest absolute Gasteiger partial charge is 0.407 e. The van der Waals surface area contributed by atoms with Crippen molar-refractivity contribution in [2.24, 2.45) is 0 Å². The highest BCUT2D eigenvalue weighted by molar-refractivity contribution is 6.28. The number of halogens is 1. The summed E-state index contributed by atoms with van der Waals surface area (Å²) in [4.78, 5) is 47.7. The van der Waals surface area contributed by atoms with Crippen LogP contribution in [0.2, 0.25) is 5.28 Å². The molecule has 1 aromatic heterocycles. The first-order valence-corrected chi connectivity index (χ1v) is 12.1. The van der Waals surface area contributed by atoms with Crippen LogP contribution in [0.5, 0.6) is 0 Å². The number of nitrogens with zero attached hydrogens (tertiary/aromatic N) is 6. The molecule has 1 saturated heterocycles. The lowest BCUT2D eigenvalue weighted by molar-refractivity contribution is -0.385. The Kier molecular flexibility index (Phi) is 7.45. The lowest BCUT2D eigenvalue weighted by Gasteiger charge is -2.39. The number of carbonyl (C=O) groups is 2. The minimum atomic E-state index is -1.20. The van der Waals surface area contributed by atoms with Gasteiger partial charge in [-0.1, -0.05) is 24.3 Å². The molecule has 1 aromatic carbocycles. The Labute approximate surface area is 217 Å². The number of rotatable bonds is 6. The first-order valence-electron chi connectivity index (χ1n) is 11.7. The number of esters is 1. The third kappa shape index (κ3) is 4.86. The second-order valence-electron chi connectivity index (χ2n) is 9.07. The molecule has 2 aliphatic rings. The Morgan fingerprint density at radius 3 is 2.78 bits per heavy atom. The maximum Gasteiger partial charge on any atom is 0.407 e. The minimum absolute atomic E-state index is 0.0124. The van der Waals surface area contributed by atoms with Crippen molar-refractivity contribution in [3.05, 3.63) is 56.5 Å². The molecule has 37 heavy (non-hydrogen) atoms. The van der Waals surface area contributed by atoms with Crippen molar-refractivity contribution in [3.63, 3.8) is 0 Å². The number of nitro groups is 1. The fraction of sp³-hybridized carbons (Fsp3) is 0.458. The number of anilines is 1. The van der Waals surface area contributed by atoms with Gasteiger partial charge in [0.05, 0.1) is 36.0 Å². The molecule has 2 atom stereocenters. The maximum absolute atomic E-state index is 13.3. The third-order valence-electron chi connectivity index (χ3n) is 7.08. The average Bonchev–Trinajstić information content (AvgIpc) is 2.87. The summed E-state index contributed by atoms with van der Waals surface area (Å²) in [7, 11) is 1.28. The molecule has 4 rings (SSSR count). The molecule has 1 fully saturated rings. The molecule has 1 aliphatic heterocycles. The summed E-state index contributed by atoms with van der Waals surface area (Å²) >= 11 is 6.25. The van der Waals surface area contributed by atoms with Gasteiger partial charge in [0.15, 0.2) is 0 Å². The van der Waals surface area contributed by atoms with Gasteiger partial charge < -0.3 is 19.6 Å². The van der Waals surface area contributed by atoms with Crippen LogP contribution in [0.4, 0.5) is 16.3 Å². The van der Waals surface area contributed by atoms with E-state index >= 15 is 0 Å². The Hall–Kier alpha value is -3.98. The van der Waals surface area contributed by atoms with Gasteiger partial charge in [-0.2, -0.15) is 10.2 Å². The van der Waals surface area contributed by atoms with Crippen molar-refractivity contribution in [2.45, 2.75) is 43.6 Å². The number of hydrogen-bond acceptors (Lipinski definition) is 9. The number of carboxylic acid groups (broad SMARTS) is 1. The quantitative estimate of drug-likeness (QED) is 0.255. The molecule has 1 amide bonds. The number of aryl methyl sites for hydroxylation is 1. The molecular weight excluding hydrogens is 504 g/mol. The molecule has 0 spiro atoms. The number of amides is 1. The highest BCUT2D eigenvalue weighted by atomic mass is 35.5. The molecule has 2 aromatic rings. The van der Waals surface area contributed by atoms with Crippen LogP contribution in [0.25, 0.3) is 0 Å². The van der Waals surface area contributed by atoms with Gasteiger partial charge in [0.2, 0.25) is 11.1 Å². The minimum Gasteiger partial charge on any atom is -0.468 e. The fourth-order valence-electron chi connectivity index (χ4n) is 5.44. The molecule has 0 saturated carbocycles. The van der Waals surface area contributed by atoms with Gasteiger partial charge in [-0.25, -0.2) is 9.78 Å². The zero-order valence-corrected chi connectivity index (χ0v) is 20.8. The lowest BCUT2D eigenvalue weighted by Crippen LogP contribution is -2.55. The molecule has 1 aliphatic carbocycles. The summed E-state index contributed by atoms with van der Waals surface area (Å²) in [5, 5.41) is 30.8. The molecule has 0 radical (unpaired) electrons. The monoisotopic (exact) mass is 528 g/mol.